The number of benzene rings is 1. The van der Waals surface area contributed by atoms with Crippen LogP contribution in [0.25, 0.3) is 0 Å². The fourth-order valence-corrected chi connectivity index (χ4v) is 2.19. The van der Waals surface area contributed by atoms with Gasteiger partial charge in [0.1, 0.15) is 5.82 Å². The first-order valence-electron chi connectivity index (χ1n) is 6.90. The minimum Gasteiger partial charge on any atom is -0.389 e. The van der Waals surface area contributed by atoms with E-state index in [0.717, 1.165) is 12.1 Å². The summed E-state index contributed by atoms with van der Waals surface area (Å²) in [4.78, 5) is 1.70. The Kier molecular flexibility index (Phi) is 6.91. The topological polar surface area (TPSA) is 44.7 Å². The third kappa shape index (κ3) is 4.74. The first kappa shape index (κ1) is 16.9. The van der Waals surface area contributed by atoms with Gasteiger partial charge in [0, 0.05) is 26.7 Å². The van der Waals surface area contributed by atoms with Crippen molar-refractivity contribution >= 4 is 5.69 Å². The van der Waals surface area contributed by atoms with Crippen LogP contribution in [-0.2, 0) is 4.74 Å². The van der Waals surface area contributed by atoms with E-state index in [4.69, 9.17) is 4.74 Å². The summed E-state index contributed by atoms with van der Waals surface area (Å²) in [5.74, 6) is -0.278. The molecule has 1 aromatic carbocycles. The molecule has 0 saturated carbocycles. The molecule has 5 heteroatoms. The van der Waals surface area contributed by atoms with E-state index >= 15 is 0 Å². The Hall–Kier alpha value is -1.17. The molecule has 2 unspecified atom stereocenters. The lowest BCUT2D eigenvalue weighted by Crippen LogP contribution is -2.32. The summed E-state index contributed by atoms with van der Waals surface area (Å²) in [5.41, 5.74) is 1.39. The van der Waals surface area contributed by atoms with E-state index in [1.165, 1.54) is 7.11 Å². The zero-order valence-corrected chi connectivity index (χ0v) is 12.7. The van der Waals surface area contributed by atoms with Crippen molar-refractivity contribution in [2.75, 3.05) is 38.8 Å². The highest BCUT2D eigenvalue weighted by Gasteiger charge is 2.14. The molecule has 1 aromatic rings. The molecular formula is C15H25FN2O2. The molecule has 2 atom stereocenters. The molecule has 1 rings (SSSR count). The van der Waals surface area contributed by atoms with Crippen LogP contribution in [0.1, 0.15) is 25.5 Å². The molecule has 114 valence electrons. The molecule has 0 aromatic heterocycles. The number of aliphatic hydroxyl groups is 1. The van der Waals surface area contributed by atoms with Crippen molar-refractivity contribution in [3.63, 3.8) is 0 Å². The molecule has 4 nitrogen and oxygen atoms in total. The molecule has 20 heavy (non-hydrogen) atoms. The molecule has 0 bridgehead atoms. The summed E-state index contributed by atoms with van der Waals surface area (Å²) < 4.78 is 19.0. The lowest BCUT2D eigenvalue weighted by atomic mass is 10.1. The number of rotatable bonds is 8. The maximum atomic E-state index is 14.2. The Bertz CT molecular complexity index is 415. The highest BCUT2D eigenvalue weighted by molar-refractivity contribution is 5.49. The van der Waals surface area contributed by atoms with Crippen LogP contribution in [0.15, 0.2) is 18.2 Å². The van der Waals surface area contributed by atoms with Crippen LogP contribution in [0, 0.1) is 5.82 Å². The van der Waals surface area contributed by atoms with Crippen molar-refractivity contribution < 1.29 is 14.2 Å². The molecule has 2 N–H and O–H groups in total. The summed E-state index contributed by atoms with van der Waals surface area (Å²) in [6.07, 6.45) is -0.634. The Balaban J connectivity index is 2.76. The average molecular weight is 284 g/mol. The van der Waals surface area contributed by atoms with Gasteiger partial charge in [0.05, 0.1) is 18.4 Å². The smallest absolute Gasteiger partial charge is 0.146 e. The van der Waals surface area contributed by atoms with Crippen LogP contribution in [0.3, 0.4) is 0 Å². The van der Waals surface area contributed by atoms with E-state index in [1.54, 1.807) is 24.1 Å². The predicted octanol–water partition coefficient (Wildman–Crippen LogP) is 1.94. The SMILES string of the molecule is CCNC(C)c1ccc(N(C)CC(O)COC)c(F)c1. The zero-order chi connectivity index (χ0) is 15.1. The number of nitrogens with zero attached hydrogens (tertiary/aromatic N) is 1. The van der Waals surface area contributed by atoms with Crippen molar-refractivity contribution in [2.45, 2.75) is 26.0 Å². The van der Waals surface area contributed by atoms with Gasteiger partial charge in [-0.15, -0.1) is 0 Å². The van der Waals surface area contributed by atoms with E-state index in [9.17, 15) is 9.50 Å². The molecule has 0 aliphatic heterocycles. The van der Waals surface area contributed by atoms with Crippen molar-refractivity contribution in [2.24, 2.45) is 0 Å². The normalized spacial score (nSPS) is 14.1. The number of hydrogen-bond donors (Lipinski definition) is 2. The van der Waals surface area contributed by atoms with Gasteiger partial charge in [-0.3, -0.25) is 0 Å². The van der Waals surface area contributed by atoms with Gasteiger partial charge in [0.15, 0.2) is 0 Å². The van der Waals surface area contributed by atoms with Crippen LogP contribution in [0.4, 0.5) is 10.1 Å². The van der Waals surface area contributed by atoms with Crippen LogP contribution in [0.5, 0.6) is 0 Å². The lowest BCUT2D eigenvalue weighted by Gasteiger charge is -2.23. The molecule has 0 saturated heterocycles. The van der Waals surface area contributed by atoms with Crippen LogP contribution >= 0.6 is 0 Å². The summed E-state index contributed by atoms with van der Waals surface area (Å²) in [6.45, 7) is 5.43. The number of hydrogen-bond acceptors (Lipinski definition) is 4. The van der Waals surface area contributed by atoms with Gasteiger partial charge in [-0.25, -0.2) is 4.39 Å². The van der Waals surface area contributed by atoms with Crippen LogP contribution < -0.4 is 10.2 Å². The monoisotopic (exact) mass is 284 g/mol. The largest absolute Gasteiger partial charge is 0.389 e. The van der Waals surface area contributed by atoms with E-state index in [2.05, 4.69) is 5.32 Å². The van der Waals surface area contributed by atoms with Gasteiger partial charge in [0.2, 0.25) is 0 Å². The number of methoxy groups -OCH3 is 1. The van der Waals surface area contributed by atoms with Crippen LogP contribution in [-0.4, -0.2) is 45.1 Å². The Labute approximate surface area is 120 Å². The summed E-state index contributed by atoms with van der Waals surface area (Å²) in [6, 6.07) is 5.32. The van der Waals surface area contributed by atoms with Gasteiger partial charge < -0.3 is 20.1 Å². The summed E-state index contributed by atoms with van der Waals surface area (Å²) in [7, 11) is 3.28. The van der Waals surface area contributed by atoms with Crippen molar-refractivity contribution in [3.8, 4) is 0 Å². The van der Waals surface area contributed by atoms with Crippen molar-refractivity contribution in [1.29, 1.82) is 0 Å². The van der Waals surface area contributed by atoms with Crippen molar-refractivity contribution in [3.05, 3.63) is 29.6 Å². The molecule has 0 fully saturated rings. The molecule has 0 aliphatic rings. The van der Waals surface area contributed by atoms with Gasteiger partial charge in [-0.05, 0) is 31.2 Å². The first-order chi connectivity index (χ1) is 9.49. The highest BCUT2D eigenvalue weighted by atomic mass is 19.1. The number of aliphatic hydroxyl groups excluding tert-OH is 1. The number of anilines is 1. The van der Waals surface area contributed by atoms with Gasteiger partial charge in [-0.1, -0.05) is 13.0 Å². The third-order valence-electron chi connectivity index (χ3n) is 3.24. The quantitative estimate of drug-likeness (QED) is 0.766. The molecular weight excluding hydrogens is 259 g/mol. The Morgan fingerprint density at radius 1 is 1.45 bits per heavy atom. The number of halogens is 1. The standard InChI is InChI=1S/C15H25FN2O2/c1-5-17-11(2)12-6-7-15(14(16)8-12)18(3)9-13(19)10-20-4/h6-8,11,13,17,19H,5,9-10H2,1-4H3. The second-order valence-corrected chi connectivity index (χ2v) is 4.98. The molecule has 0 spiro atoms. The zero-order valence-electron chi connectivity index (χ0n) is 12.7. The van der Waals surface area contributed by atoms with E-state index < -0.39 is 6.10 Å². The lowest BCUT2D eigenvalue weighted by molar-refractivity contribution is 0.0694. The number of ether oxygens (including phenoxy) is 1. The molecule has 0 aliphatic carbocycles. The van der Waals surface area contributed by atoms with Crippen LogP contribution in [0.2, 0.25) is 0 Å². The second kappa shape index (κ2) is 8.19. The summed E-state index contributed by atoms with van der Waals surface area (Å²) in [5, 5.41) is 12.9. The van der Waals surface area contributed by atoms with E-state index in [0.29, 0.717) is 12.2 Å². The Morgan fingerprint density at radius 2 is 2.15 bits per heavy atom. The van der Waals surface area contributed by atoms with E-state index in [-0.39, 0.29) is 18.5 Å². The third-order valence-corrected chi connectivity index (χ3v) is 3.24. The minimum atomic E-state index is -0.634. The highest BCUT2D eigenvalue weighted by Crippen LogP contribution is 2.22. The average Bonchev–Trinajstić information content (AvgIpc) is 2.38. The fraction of sp³-hybridized carbons (Fsp3) is 0.600. The van der Waals surface area contributed by atoms with Gasteiger partial charge >= 0.3 is 0 Å². The second-order valence-electron chi connectivity index (χ2n) is 4.98. The van der Waals surface area contributed by atoms with Crippen molar-refractivity contribution in [1.82, 2.24) is 5.32 Å². The summed E-state index contributed by atoms with van der Waals surface area (Å²) >= 11 is 0. The minimum absolute atomic E-state index is 0.118. The first-order valence-corrected chi connectivity index (χ1v) is 6.90. The number of nitrogens with one attached hydrogen (secondary N) is 1. The van der Waals surface area contributed by atoms with Gasteiger partial charge in [-0.2, -0.15) is 0 Å². The maximum absolute atomic E-state index is 14.2. The number of likely N-dealkylation sites (N-methyl/N-ethyl adjacent to an activating group) is 1. The molecule has 0 radical (unpaired) electrons. The maximum Gasteiger partial charge on any atom is 0.146 e. The molecule has 0 heterocycles. The predicted molar refractivity (Wildman–Crippen MR) is 79.6 cm³/mol. The van der Waals surface area contributed by atoms with E-state index in [1.807, 2.05) is 19.9 Å². The molecule has 0 amide bonds. The fourth-order valence-electron chi connectivity index (χ4n) is 2.19. The van der Waals surface area contributed by atoms with Gasteiger partial charge in [0.25, 0.3) is 0 Å². The Morgan fingerprint density at radius 3 is 2.70 bits per heavy atom.